The molecule has 0 aliphatic carbocycles. The zero-order valence-electron chi connectivity index (χ0n) is 14.3. The predicted octanol–water partition coefficient (Wildman–Crippen LogP) is 4.73. The van der Waals surface area contributed by atoms with Gasteiger partial charge in [-0.25, -0.2) is 4.98 Å². The molecular weight excluding hydrogens is 342 g/mol. The highest BCUT2D eigenvalue weighted by atomic mass is 32.1. The van der Waals surface area contributed by atoms with Gasteiger partial charge in [0, 0.05) is 18.7 Å². The molecule has 2 aromatic heterocycles. The number of carbonyl (C=O) groups excluding carboxylic acids is 1. The molecule has 128 valence electrons. The number of fused-ring (bicyclic) bond motifs is 3. The monoisotopic (exact) mass is 359 g/mol. The van der Waals surface area contributed by atoms with Crippen LogP contribution in [0.15, 0.2) is 60.0 Å². The van der Waals surface area contributed by atoms with Crippen LogP contribution in [0.2, 0.25) is 0 Å². The molecule has 0 unspecified atom stereocenters. The van der Waals surface area contributed by atoms with Crippen LogP contribution in [-0.2, 0) is 6.54 Å². The Balaban J connectivity index is 1.55. The van der Waals surface area contributed by atoms with Gasteiger partial charge in [0.05, 0.1) is 11.0 Å². The molecule has 4 nitrogen and oxygen atoms in total. The molecule has 1 aliphatic heterocycles. The lowest BCUT2D eigenvalue weighted by Gasteiger charge is -2.14. The van der Waals surface area contributed by atoms with Crippen molar-refractivity contribution in [2.45, 2.75) is 13.5 Å². The molecule has 0 N–H and O–H groups in total. The number of amides is 1. The number of rotatable bonds is 2. The molecule has 0 radical (unpaired) electrons. The number of carbonyl (C=O) groups is 1. The van der Waals surface area contributed by atoms with Gasteiger partial charge in [-0.2, -0.15) is 0 Å². The zero-order chi connectivity index (χ0) is 17.7. The van der Waals surface area contributed by atoms with Crippen LogP contribution in [0.5, 0.6) is 0 Å². The van der Waals surface area contributed by atoms with E-state index in [0.29, 0.717) is 6.54 Å². The molecule has 0 atom stereocenters. The van der Waals surface area contributed by atoms with Gasteiger partial charge in [-0.15, -0.1) is 11.3 Å². The SMILES string of the molecule is Cc1ccc(-c2ccsc2C(=O)N2CCn3c2nc2ccccc23)cc1. The number of para-hydroxylation sites is 2. The molecule has 1 amide bonds. The molecule has 3 heterocycles. The lowest BCUT2D eigenvalue weighted by molar-refractivity contribution is 0.0993. The van der Waals surface area contributed by atoms with Gasteiger partial charge in [-0.1, -0.05) is 42.0 Å². The summed E-state index contributed by atoms with van der Waals surface area (Å²) in [7, 11) is 0. The van der Waals surface area contributed by atoms with Crippen molar-refractivity contribution in [1.29, 1.82) is 0 Å². The first-order chi connectivity index (χ1) is 12.7. The Kier molecular flexibility index (Phi) is 3.43. The van der Waals surface area contributed by atoms with Crippen molar-refractivity contribution in [1.82, 2.24) is 9.55 Å². The van der Waals surface area contributed by atoms with Crippen LogP contribution < -0.4 is 4.90 Å². The minimum Gasteiger partial charge on any atom is -0.308 e. The molecule has 2 aromatic carbocycles. The lowest BCUT2D eigenvalue weighted by atomic mass is 10.0. The van der Waals surface area contributed by atoms with Crippen LogP contribution in [0.4, 0.5) is 5.95 Å². The molecule has 0 saturated heterocycles. The predicted molar refractivity (Wildman–Crippen MR) is 106 cm³/mol. The smallest absolute Gasteiger partial charge is 0.271 e. The average molecular weight is 359 g/mol. The van der Waals surface area contributed by atoms with Crippen LogP contribution in [0.25, 0.3) is 22.2 Å². The molecule has 1 aliphatic rings. The summed E-state index contributed by atoms with van der Waals surface area (Å²) in [5, 5.41) is 1.99. The summed E-state index contributed by atoms with van der Waals surface area (Å²) in [4.78, 5) is 20.6. The fourth-order valence-electron chi connectivity index (χ4n) is 3.54. The standard InChI is InChI=1S/C21H17N3OS/c1-14-6-8-15(9-7-14)16-10-13-26-19(16)20(25)24-12-11-23-18-5-3-2-4-17(18)22-21(23)24/h2-10,13H,11-12H2,1H3. The van der Waals surface area contributed by atoms with Crippen molar-refractivity contribution in [2.75, 3.05) is 11.4 Å². The van der Waals surface area contributed by atoms with Gasteiger partial charge in [0.1, 0.15) is 4.88 Å². The zero-order valence-corrected chi connectivity index (χ0v) is 15.2. The number of imidazole rings is 1. The van der Waals surface area contributed by atoms with Gasteiger partial charge in [0.25, 0.3) is 5.91 Å². The molecule has 5 rings (SSSR count). The average Bonchev–Trinajstić information content (AvgIpc) is 3.36. The topological polar surface area (TPSA) is 38.1 Å². The molecular formula is C21H17N3OS. The van der Waals surface area contributed by atoms with E-state index in [4.69, 9.17) is 4.98 Å². The van der Waals surface area contributed by atoms with Crippen molar-refractivity contribution in [3.8, 4) is 11.1 Å². The fourth-order valence-corrected chi connectivity index (χ4v) is 4.40. The molecule has 0 fully saturated rings. The van der Waals surface area contributed by atoms with Crippen molar-refractivity contribution >= 4 is 34.2 Å². The maximum absolute atomic E-state index is 13.3. The number of anilines is 1. The highest BCUT2D eigenvalue weighted by Crippen LogP contribution is 2.33. The fraction of sp³-hybridized carbons (Fsp3) is 0.143. The second-order valence-electron chi connectivity index (χ2n) is 6.54. The second-order valence-corrected chi connectivity index (χ2v) is 7.45. The molecule has 26 heavy (non-hydrogen) atoms. The van der Waals surface area contributed by atoms with E-state index in [0.717, 1.165) is 39.5 Å². The Hall–Kier alpha value is -2.92. The van der Waals surface area contributed by atoms with Crippen molar-refractivity contribution in [3.63, 3.8) is 0 Å². The summed E-state index contributed by atoms with van der Waals surface area (Å²) in [5.41, 5.74) is 5.31. The highest BCUT2D eigenvalue weighted by molar-refractivity contribution is 7.12. The third-order valence-electron chi connectivity index (χ3n) is 4.89. The third-order valence-corrected chi connectivity index (χ3v) is 5.79. The summed E-state index contributed by atoms with van der Waals surface area (Å²) in [6, 6.07) is 18.4. The molecule has 0 saturated carbocycles. The lowest BCUT2D eigenvalue weighted by Crippen LogP contribution is -2.29. The van der Waals surface area contributed by atoms with E-state index >= 15 is 0 Å². The number of benzene rings is 2. The minimum absolute atomic E-state index is 0.0321. The van der Waals surface area contributed by atoms with Crippen LogP contribution in [0, 0.1) is 6.92 Å². The van der Waals surface area contributed by atoms with Crippen LogP contribution in [0.1, 0.15) is 15.2 Å². The Morgan fingerprint density at radius 3 is 2.69 bits per heavy atom. The molecule has 5 heteroatoms. The van der Waals surface area contributed by atoms with E-state index in [9.17, 15) is 4.79 Å². The molecule has 0 bridgehead atoms. The van der Waals surface area contributed by atoms with E-state index < -0.39 is 0 Å². The van der Waals surface area contributed by atoms with Gasteiger partial charge in [-0.3, -0.25) is 9.69 Å². The summed E-state index contributed by atoms with van der Waals surface area (Å²) < 4.78 is 2.13. The summed E-state index contributed by atoms with van der Waals surface area (Å²) in [6.45, 7) is 3.52. The van der Waals surface area contributed by atoms with Crippen molar-refractivity contribution in [2.24, 2.45) is 0 Å². The summed E-state index contributed by atoms with van der Waals surface area (Å²) in [5.74, 6) is 0.782. The molecule has 4 aromatic rings. The maximum atomic E-state index is 13.3. The summed E-state index contributed by atoms with van der Waals surface area (Å²) in [6.07, 6.45) is 0. The van der Waals surface area contributed by atoms with Crippen LogP contribution in [0.3, 0.4) is 0 Å². The molecule has 0 spiro atoms. The Bertz CT molecular complexity index is 1120. The highest BCUT2D eigenvalue weighted by Gasteiger charge is 2.30. The van der Waals surface area contributed by atoms with E-state index in [2.05, 4.69) is 41.8 Å². The number of aromatic nitrogens is 2. The van der Waals surface area contributed by atoms with E-state index in [-0.39, 0.29) is 5.91 Å². The minimum atomic E-state index is 0.0321. The first kappa shape index (κ1) is 15.3. The third kappa shape index (κ3) is 2.28. The number of hydrogen-bond acceptors (Lipinski definition) is 3. The normalized spacial score (nSPS) is 13.3. The largest absolute Gasteiger partial charge is 0.308 e. The Morgan fingerprint density at radius 1 is 1.04 bits per heavy atom. The van der Waals surface area contributed by atoms with Gasteiger partial charge >= 0.3 is 0 Å². The quantitative estimate of drug-likeness (QED) is 0.519. The summed E-state index contributed by atoms with van der Waals surface area (Å²) >= 11 is 1.50. The van der Waals surface area contributed by atoms with E-state index in [1.165, 1.54) is 16.9 Å². The van der Waals surface area contributed by atoms with Gasteiger partial charge in [-0.05, 0) is 36.1 Å². The Morgan fingerprint density at radius 2 is 1.85 bits per heavy atom. The van der Waals surface area contributed by atoms with Crippen LogP contribution in [-0.4, -0.2) is 22.0 Å². The number of nitrogens with zero attached hydrogens (tertiary/aromatic N) is 3. The van der Waals surface area contributed by atoms with Crippen molar-refractivity contribution < 1.29 is 4.79 Å². The van der Waals surface area contributed by atoms with Crippen LogP contribution >= 0.6 is 11.3 Å². The van der Waals surface area contributed by atoms with Gasteiger partial charge in [0.2, 0.25) is 5.95 Å². The second kappa shape index (κ2) is 5.81. The van der Waals surface area contributed by atoms with E-state index in [1.807, 2.05) is 34.5 Å². The number of thiophene rings is 1. The van der Waals surface area contributed by atoms with Gasteiger partial charge in [0.15, 0.2) is 0 Å². The Labute approximate surface area is 155 Å². The first-order valence-electron chi connectivity index (χ1n) is 8.64. The van der Waals surface area contributed by atoms with E-state index in [1.54, 1.807) is 0 Å². The number of hydrogen-bond donors (Lipinski definition) is 0. The van der Waals surface area contributed by atoms with Gasteiger partial charge < -0.3 is 4.57 Å². The first-order valence-corrected chi connectivity index (χ1v) is 9.52. The number of aryl methyl sites for hydroxylation is 1. The van der Waals surface area contributed by atoms with Crippen molar-refractivity contribution in [3.05, 3.63) is 70.4 Å². The maximum Gasteiger partial charge on any atom is 0.271 e.